The lowest BCUT2D eigenvalue weighted by molar-refractivity contribution is 0.0827. The van der Waals surface area contributed by atoms with Crippen LogP contribution < -0.4 is 10.6 Å². The average molecular weight is 369 g/mol. The van der Waals surface area contributed by atoms with Gasteiger partial charge in [0.1, 0.15) is 5.82 Å². The van der Waals surface area contributed by atoms with Gasteiger partial charge in [0.15, 0.2) is 0 Å². The SMILES string of the molecule is Cc1cnn([C@@H](C)C2CC2)c1NC(=O)NCc1cccc(C(=O)N(C)C)c1. The molecule has 3 amide bonds. The van der Waals surface area contributed by atoms with Crippen LogP contribution in [0.15, 0.2) is 30.5 Å². The van der Waals surface area contributed by atoms with Crippen LogP contribution in [0.4, 0.5) is 10.6 Å². The highest BCUT2D eigenvalue weighted by Gasteiger charge is 2.31. The van der Waals surface area contributed by atoms with E-state index in [9.17, 15) is 9.59 Å². The minimum atomic E-state index is -0.285. The second-order valence-electron chi connectivity index (χ2n) is 7.41. The Morgan fingerprint density at radius 1 is 1.33 bits per heavy atom. The molecule has 2 N–H and O–H groups in total. The van der Waals surface area contributed by atoms with Gasteiger partial charge in [0.2, 0.25) is 0 Å². The molecule has 144 valence electrons. The van der Waals surface area contributed by atoms with Crippen molar-refractivity contribution < 1.29 is 9.59 Å². The van der Waals surface area contributed by atoms with E-state index >= 15 is 0 Å². The van der Waals surface area contributed by atoms with Gasteiger partial charge in [-0.15, -0.1) is 0 Å². The molecule has 1 aliphatic carbocycles. The summed E-state index contributed by atoms with van der Waals surface area (Å²) in [6.45, 7) is 4.42. The molecular formula is C20H27N5O2. The lowest BCUT2D eigenvalue weighted by Crippen LogP contribution is -2.30. The van der Waals surface area contributed by atoms with Crippen molar-refractivity contribution in [1.29, 1.82) is 0 Å². The molecule has 1 aliphatic rings. The van der Waals surface area contributed by atoms with Gasteiger partial charge in [0.05, 0.1) is 12.2 Å². The minimum Gasteiger partial charge on any atom is -0.345 e. The van der Waals surface area contributed by atoms with Crippen LogP contribution in [0, 0.1) is 12.8 Å². The summed E-state index contributed by atoms with van der Waals surface area (Å²) in [6.07, 6.45) is 4.21. The summed E-state index contributed by atoms with van der Waals surface area (Å²) in [4.78, 5) is 26.0. The van der Waals surface area contributed by atoms with Crippen LogP contribution in [0.5, 0.6) is 0 Å². The summed E-state index contributed by atoms with van der Waals surface area (Å²) in [5.41, 5.74) is 2.41. The fourth-order valence-electron chi connectivity index (χ4n) is 3.10. The number of carbonyl (C=O) groups is 2. The molecule has 7 nitrogen and oxygen atoms in total. The van der Waals surface area contributed by atoms with Gasteiger partial charge in [-0.25, -0.2) is 9.48 Å². The number of aromatic nitrogens is 2. The predicted octanol–water partition coefficient (Wildman–Crippen LogP) is 3.19. The van der Waals surface area contributed by atoms with Crippen molar-refractivity contribution in [2.24, 2.45) is 5.92 Å². The molecule has 3 rings (SSSR count). The smallest absolute Gasteiger partial charge is 0.320 e. The van der Waals surface area contributed by atoms with Gasteiger partial charge >= 0.3 is 6.03 Å². The van der Waals surface area contributed by atoms with Crippen molar-refractivity contribution in [2.45, 2.75) is 39.3 Å². The molecule has 1 atom stereocenters. The van der Waals surface area contributed by atoms with Gasteiger partial charge in [-0.1, -0.05) is 12.1 Å². The largest absolute Gasteiger partial charge is 0.345 e. The third-order valence-electron chi connectivity index (χ3n) is 4.93. The monoisotopic (exact) mass is 369 g/mol. The number of benzene rings is 1. The number of anilines is 1. The Bertz CT molecular complexity index is 839. The molecule has 0 aliphatic heterocycles. The van der Waals surface area contributed by atoms with E-state index in [4.69, 9.17) is 0 Å². The third kappa shape index (κ3) is 4.48. The van der Waals surface area contributed by atoms with E-state index in [-0.39, 0.29) is 18.0 Å². The van der Waals surface area contributed by atoms with Crippen LogP contribution in [-0.2, 0) is 6.54 Å². The van der Waals surface area contributed by atoms with Crippen molar-refractivity contribution in [3.05, 3.63) is 47.2 Å². The van der Waals surface area contributed by atoms with Crippen molar-refractivity contribution in [2.75, 3.05) is 19.4 Å². The van der Waals surface area contributed by atoms with Crippen molar-refractivity contribution in [1.82, 2.24) is 20.0 Å². The summed E-state index contributed by atoms with van der Waals surface area (Å²) in [6, 6.07) is 7.27. The Hall–Kier alpha value is -2.83. The van der Waals surface area contributed by atoms with Gasteiger partial charge in [0, 0.05) is 31.8 Å². The summed E-state index contributed by atoms with van der Waals surface area (Å²) in [5.74, 6) is 1.32. The number of amides is 3. The van der Waals surface area contributed by atoms with E-state index in [0.717, 1.165) is 16.9 Å². The summed E-state index contributed by atoms with van der Waals surface area (Å²) in [7, 11) is 3.43. The average Bonchev–Trinajstić information content (AvgIpc) is 3.44. The number of aryl methyl sites for hydroxylation is 1. The van der Waals surface area contributed by atoms with Gasteiger partial charge in [0.25, 0.3) is 5.91 Å². The number of nitrogens with one attached hydrogen (secondary N) is 2. The first kappa shape index (κ1) is 18.9. The predicted molar refractivity (Wildman–Crippen MR) is 105 cm³/mol. The number of hydrogen-bond acceptors (Lipinski definition) is 3. The van der Waals surface area contributed by atoms with E-state index in [1.165, 1.54) is 17.7 Å². The highest BCUT2D eigenvalue weighted by molar-refractivity contribution is 5.94. The molecule has 27 heavy (non-hydrogen) atoms. The highest BCUT2D eigenvalue weighted by Crippen LogP contribution is 2.40. The number of hydrogen-bond donors (Lipinski definition) is 2. The van der Waals surface area contributed by atoms with Gasteiger partial charge in [-0.3, -0.25) is 10.1 Å². The molecule has 0 bridgehead atoms. The second-order valence-corrected chi connectivity index (χ2v) is 7.41. The molecule has 1 fully saturated rings. The second kappa shape index (κ2) is 7.82. The first-order valence-corrected chi connectivity index (χ1v) is 9.26. The zero-order valence-electron chi connectivity index (χ0n) is 16.3. The van der Waals surface area contributed by atoms with Crippen LogP contribution in [0.1, 0.15) is 47.3 Å². The Labute approximate surface area is 159 Å². The van der Waals surface area contributed by atoms with Crippen LogP contribution >= 0.6 is 0 Å². The van der Waals surface area contributed by atoms with Crippen molar-refractivity contribution >= 4 is 17.8 Å². The first-order valence-electron chi connectivity index (χ1n) is 9.26. The molecule has 7 heteroatoms. The molecule has 0 spiro atoms. The number of nitrogens with zero attached hydrogens (tertiary/aromatic N) is 3. The summed E-state index contributed by atoms with van der Waals surface area (Å²) in [5, 5.41) is 10.2. The standard InChI is InChI=1S/C20H27N5O2/c1-13-11-22-25(14(2)16-8-9-16)18(13)23-20(27)21-12-15-6-5-7-17(10-15)19(26)24(3)4/h5-7,10-11,14,16H,8-9,12H2,1-4H3,(H2,21,23,27)/t14-/m0/s1. The Morgan fingerprint density at radius 3 is 2.74 bits per heavy atom. The Kier molecular flexibility index (Phi) is 5.48. The van der Waals surface area contributed by atoms with Crippen molar-refractivity contribution in [3.8, 4) is 0 Å². The van der Waals surface area contributed by atoms with Gasteiger partial charge in [-0.2, -0.15) is 5.10 Å². The summed E-state index contributed by atoms with van der Waals surface area (Å²) < 4.78 is 1.91. The van der Waals surface area contributed by atoms with Crippen LogP contribution in [-0.4, -0.2) is 40.7 Å². The number of carbonyl (C=O) groups excluding carboxylic acids is 2. The first-order chi connectivity index (χ1) is 12.9. The molecule has 0 saturated heterocycles. The molecule has 1 aromatic heterocycles. The maximum Gasteiger partial charge on any atom is 0.320 e. The molecule has 2 aromatic rings. The molecule has 1 saturated carbocycles. The lowest BCUT2D eigenvalue weighted by atomic mass is 10.1. The Balaban J connectivity index is 1.62. The van der Waals surface area contributed by atoms with Crippen LogP contribution in [0.2, 0.25) is 0 Å². The van der Waals surface area contributed by atoms with E-state index in [2.05, 4.69) is 22.7 Å². The van der Waals surface area contributed by atoms with Crippen molar-refractivity contribution in [3.63, 3.8) is 0 Å². The topological polar surface area (TPSA) is 79.3 Å². The van der Waals surface area contributed by atoms with Gasteiger partial charge < -0.3 is 10.2 Å². The molecule has 0 unspecified atom stereocenters. The maximum absolute atomic E-state index is 12.4. The van der Waals surface area contributed by atoms with Gasteiger partial charge in [-0.05, 0) is 50.3 Å². The van der Waals surface area contributed by atoms with E-state index in [1.54, 1.807) is 32.4 Å². The maximum atomic E-state index is 12.4. The third-order valence-corrected chi connectivity index (χ3v) is 4.93. The number of rotatable bonds is 6. The van der Waals surface area contributed by atoms with Crippen LogP contribution in [0.25, 0.3) is 0 Å². The fraction of sp³-hybridized carbons (Fsp3) is 0.450. The zero-order chi connectivity index (χ0) is 19.6. The normalized spacial score (nSPS) is 14.5. The lowest BCUT2D eigenvalue weighted by Gasteiger charge is -2.16. The quantitative estimate of drug-likeness (QED) is 0.821. The summed E-state index contributed by atoms with van der Waals surface area (Å²) >= 11 is 0. The molecule has 0 radical (unpaired) electrons. The Morgan fingerprint density at radius 2 is 2.07 bits per heavy atom. The molecular weight excluding hydrogens is 342 g/mol. The zero-order valence-corrected chi connectivity index (χ0v) is 16.3. The minimum absolute atomic E-state index is 0.0603. The van der Waals surface area contributed by atoms with Crippen LogP contribution in [0.3, 0.4) is 0 Å². The van der Waals surface area contributed by atoms with E-state index < -0.39 is 0 Å². The van der Waals surface area contributed by atoms with E-state index in [0.29, 0.717) is 18.0 Å². The number of urea groups is 1. The van der Waals surface area contributed by atoms with E-state index in [1.807, 2.05) is 23.7 Å². The fourth-order valence-corrected chi connectivity index (χ4v) is 3.10. The molecule has 1 aromatic carbocycles. The highest BCUT2D eigenvalue weighted by atomic mass is 16.2. The molecule has 1 heterocycles.